The molecule has 0 aliphatic heterocycles. The number of rotatable bonds is 6. The molecule has 0 aliphatic carbocycles. The molecule has 0 radical (unpaired) electrons. The SMILES string of the molecule is COc1ccc(NC(=O)COc2ccc(C(C)=O)cc2)cn1. The van der Waals surface area contributed by atoms with Gasteiger partial charge in [-0.3, -0.25) is 9.59 Å². The Kier molecular flexibility index (Phi) is 5.08. The summed E-state index contributed by atoms with van der Waals surface area (Å²) in [4.78, 5) is 26.9. The van der Waals surface area contributed by atoms with Crippen LogP contribution < -0.4 is 14.8 Å². The minimum absolute atomic E-state index is 0.0173. The molecule has 0 spiro atoms. The van der Waals surface area contributed by atoms with Crippen LogP contribution in [0.1, 0.15) is 17.3 Å². The van der Waals surface area contributed by atoms with Gasteiger partial charge in [0.15, 0.2) is 12.4 Å². The quantitative estimate of drug-likeness (QED) is 0.828. The minimum Gasteiger partial charge on any atom is -0.484 e. The Morgan fingerprint density at radius 3 is 2.41 bits per heavy atom. The number of nitrogens with zero attached hydrogens (tertiary/aromatic N) is 1. The second-order valence-corrected chi connectivity index (χ2v) is 4.51. The van der Waals surface area contributed by atoms with Crippen LogP contribution in [0.15, 0.2) is 42.6 Å². The summed E-state index contributed by atoms with van der Waals surface area (Å²) in [5.74, 6) is 0.673. The van der Waals surface area contributed by atoms with Gasteiger partial charge in [-0.25, -0.2) is 4.98 Å². The Balaban J connectivity index is 1.85. The number of hydrogen-bond acceptors (Lipinski definition) is 5. The van der Waals surface area contributed by atoms with Gasteiger partial charge >= 0.3 is 0 Å². The van der Waals surface area contributed by atoms with E-state index < -0.39 is 0 Å². The Morgan fingerprint density at radius 1 is 1.14 bits per heavy atom. The van der Waals surface area contributed by atoms with Crippen LogP contribution in [-0.2, 0) is 4.79 Å². The van der Waals surface area contributed by atoms with E-state index in [1.54, 1.807) is 36.4 Å². The lowest BCUT2D eigenvalue weighted by atomic mass is 10.1. The molecule has 1 amide bonds. The summed E-state index contributed by atoms with van der Waals surface area (Å²) in [7, 11) is 1.52. The highest BCUT2D eigenvalue weighted by Gasteiger charge is 2.05. The number of Topliss-reactive ketones (excluding diaryl/α,β-unsaturated/α-hetero) is 1. The molecule has 0 saturated carbocycles. The van der Waals surface area contributed by atoms with Crippen LogP contribution in [0, 0.1) is 0 Å². The van der Waals surface area contributed by atoms with Crippen molar-refractivity contribution >= 4 is 17.4 Å². The van der Waals surface area contributed by atoms with Crippen molar-refractivity contribution in [2.24, 2.45) is 0 Å². The number of ketones is 1. The standard InChI is InChI=1S/C16H16N2O4/c1-11(19)12-3-6-14(7-4-12)22-10-15(20)18-13-5-8-16(21-2)17-9-13/h3-9H,10H2,1-2H3,(H,18,20). The predicted octanol–water partition coefficient (Wildman–Crippen LogP) is 2.31. The summed E-state index contributed by atoms with van der Waals surface area (Å²) in [5.41, 5.74) is 1.16. The van der Waals surface area contributed by atoms with Gasteiger partial charge in [0.25, 0.3) is 5.91 Å². The Labute approximate surface area is 128 Å². The fraction of sp³-hybridized carbons (Fsp3) is 0.188. The van der Waals surface area contributed by atoms with Crippen molar-refractivity contribution in [1.82, 2.24) is 4.98 Å². The van der Waals surface area contributed by atoms with Gasteiger partial charge in [-0.15, -0.1) is 0 Å². The van der Waals surface area contributed by atoms with Crippen LogP contribution in [0.4, 0.5) is 5.69 Å². The number of pyridine rings is 1. The highest BCUT2D eigenvalue weighted by atomic mass is 16.5. The van der Waals surface area contributed by atoms with E-state index >= 15 is 0 Å². The van der Waals surface area contributed by atoms with Crippen molar-refractivity contribution in [2.45, 2.75) is 6.92 Å². The predicted molar refractivity (Wildman–Crippen MR) is 81.4 cm³/mol. The van der Waals surface area contributed by atoms with Gasteiger partial charge in [0.2, 0.25) is 5.88 Å². The van der Waals surface area contributed by atoms with Crippen LogP contribution in [0.3, 0.4) is 0 Å². The average molecular weight is 300 g/mol. The van der Waals surface area contributed by atoms with E-state index in [9.17, 15) is 9.59 Å². The molecule has 2 aromatic rings. The minimum atomic E-state index is -0.303. The second kappa shape index (κ2) is 7.21. The van der Waals surface area contributed by atoms with Crippen molar-refractivity contribution in [3.63, 3.8) is 0 Å². The number of methoxy groups -OCH3 is 1. The second-order valence-electron chi connectivity index (χ2n) is 4.51. The van der Waals surface area contributed by atoms with Crippen LogP contribution in [0.5, 0.6) is 11.6 Å². The summed E-state index contributed by atoms with van der Waals surface area (Å²) in [6.45, 7) is 1.36. The van der Waals surface area contributed by atoms with Crippen LogP contribution in [-0.4, -0.2) is 30.4 Å². The number of benzene rings is 1. The molecule has 0 bridgehead atoms. The van der Waals surface area contributed by atoms with Crippen molar-refractivity contribution < 1.29 is 19.1 Å². The maximum atomic E-state index is 11.8. The van der Waals surface area contributed by atoms with Gasteiger partial charge in [-0.1, -0.05) is 0 Å². The largest absolute Gasteiger partial charge is 0.484 e. The number of hydrogen-bond donors (Lipinski definition) is 1. The smallest absolute Gasteiger partial charge is 0.262 e. The Morgan fingerprint density at radius 2 is 1.86 bits per heavy atom. The first-order valence-electron chi connectivity index (χ1n) is 6.62. The molecule has 2 rings (SSSR count). The molecular formula is C16H16N2O4. The van der Waals surface area contributed by atoms with E-state index in [0.29, 0.717) is 22.9 Å². The highest BCUT2D eigenvalue weighted by Crippen LogP contribution is 2.13. The first-order valence-corrected chi connectivity index (χ1v) is 6.62. The lowest BCUT2D eigenvalue weighted by molar-refractivity contribution is -0.118. The molecule has 1 N–H and O–H groups in total. The van der Waals surface area contributed by atoms with E-state index in [1.807, 2.05) is 0 Å². The maximum Gasteiger partial charge on any atom is 0.262 e. The maximum absolute atomic E-state index is 11.8. The molecular weight excluding hydrogens is 284 g/mol. The van der Waals surface area contributed by atoms with Gasteiger partial charge in [0.1, 0.15) is 5.75 Å². The highest BCUT2D eigenvalue weighted by molar-refractivity contribution is 5.94. The molecule has 6 heteroatoms. The number of carbonyl (C=O) groups is 2. The van der Waals surface area contributed by atoms with Gasteiger partial charge in [0, 0.05) is 11.6 Å². The van der Waals surface area contributed by atoms with Crippen molar-refractivity contribution in [2.75, 3.05) is 19.0 Å². The van der Waals surface area contributed by atoms with E-state index in [4.69, 9.17) is 9.47 Å². The summed E-state index contributed by atoms with van der Waals surface area (Å²) in [6, 6.07) is 9.95. The van der Waals surface area contributed by atoms with Crippen LogP contribution in [0.25, 0.3) is 0 Å². The van der Waals surface area contributed by atoms with Crippen molar-refractivity contribution in [1.29, 1.82) is 0 Å². The molecule has 0 atom stereocenters. The van der Waals surface area contributed by atoms with Gasteiger partial charge < -0.3 is 14.8 Å². The number of nitrogens with one attached hydrogen (secondary N) is 1. The molecule has 22 heavy (non-hydrogen) atoms. The molecule has 1 heterocycles. The fourth-order valence-electron chi connectivity index (χ4n) is 1.71. The van der Waals surface area contributed by atoms with E-state index in [0.717, 1.165) is 0 Å². The zero-order valence-corrected chi connectivity index (χ0v) is 12.3. The molecule has 0 fully saturated rings. The monoisotopic (exact) mass is 300 g/mol. The molecule has 1 aromatic carbocycles. The first kappa shape index (κ1) is 15.5. The number of anilines is 1. The third-order valence-corrected chi connectivity index (χ3v) is 2.86. The first-order chi connectivity index (χ1) is 10.6. The molecule has 0 unspecified atom stereocenters. The molecule has 6 nitrogen and oxygen atoms in total. The third kappa shape index (κ3) is 4.31. The van der Waals surface area contributed by atoms with E-state index in [2.05, 4.69) is 10.3 Å². The van der Waals surface area contributed by atoms with Crippen molar-refractivity contribution in [3.05, 3.63) is 48.2 Å². The zero-order valence-electron chi connectivity index (χ0n) is 12.3. The number of carbonyl (C=O) groups excluding carboxylic acids is 2. The van der Waals surface area contributed by atoms with Gasteiger partial charge in [0.05, 0.1) is 19.0 Å². The van der Waals surface area contributed by atoms with Crippen molar-refractivity contribution in [3.8, 4) is 11.6 Å². The Hall–Kier alpha value is -2.89. The zero-order chi connectivity index (χ0) is 15.9. The van der Waals surface area contributed by atoms with E-state index in [-0.39, 0.29) is 18.3 Å². The molecule has 1 aromatic heterocycles. The molecule has 0 aliphatic rings. The Bertz CT molecular complexity index is 651. The van der Waals surface area contributed by atoms with E-state index in [1.165, 1.54) is 20.2 Å². The summed E-state index contributed by atoms with van der Waals surface area (Å²) in [5, 5.41) is 2.66. The number of amides is 1. The topological polar surface area (TPSA) is 77.5 Å². The lowest BCUT2D eigenvalue weighted by Gasteiger charge is -2.08. The van der Waals surface area contributed by atoms with Crippen LogP contribution >= 0.6 is 0 Å². The number of aromatic nitrogens is 1. The van der Waals surface area contributed by atoms with Gasteiger partial charge in [-0.2, -0.15) is 0 Å². The average Bonchev–Trinajstić information content (AvgIpc) is 2.54. The number of ether oxygens (including phenoxy) is 2. The molecule has 114 valence electrons. The summed E-state index contributed by atoms with van der Waals surface area (Å²) in [6.07, 6.45) is 1.50. The fourth-order valence-corrected chi connectivity index (χ4v) is 1.71. The van der Waals surface area contributed by atoms with Gasteiger partial charge in [-0.05, 0) is 37.3 Å². The summed E-state index contributed by atoms with van der Waals surface area (Å²) < 4.78 is 10.3. The van der Waals surface area contributed by atoms with Crippen LogP contribution in [0.2, 0.25) is 0 Å². The lowest BCUT2D eigenvalue weighted by Crippen LogP contribution is -2.20. The summed E-state index contributed by atoms with van der Waals surface area (Å²) >= 11 is 0. The third-order valence-electron chi connectivity index (χ3n) is 2.86. The normalized spacial score (nSPS) is 9.91. The molecule has 0 saturated heterocycles.